The summed E-state index contributed by atoms with van der Waals surface area (Å²) in [6.45, 7) is 15.9. The predicted molar refractivity (Wildman–Crippen MR) is 105 cm³/mol. The minimum Gasteiger partial charge on any atom is -0.340 e. The highest BCUT2D eigenvalue weighted by atomic mass is 19.4. The highest BCUT2D eigenvalue weighted by molar-refractivity contribution is 5.76. The van der Waals surface area contributed by atoms with Crippen LogP contribution in [0.15, 0.2) is 30.3 Å². The van der Waals surface area contributed by atoms with Gasteiger partial charge in [0.2, 0.25) is 5.91 Å². The summed E-state index contributed by atoms with van der Waals surface area (Å²) in [6.07, 6.45) is -3.36. The number of hydrogen-bond acceptors (Lipinski definition) is 3. The molecule has 0 saturated carbocycles. The first kappa shape index (κ1) is 25.9. The molecule has 0 spiro atoms. The van der Waals surface area contributed by atoms with E-state index in [1.165, 1.54) is 5.56 Å². The number of hydrogen-bond donors (Lipinski definition) is 0. The van der Waals surface area contributed by atoms with Gasteiger partial charge in [0.05, 0.1) is 0 Å². The zero-order chi connectivity index (χ0) is 22.0. The van der Waals surface area contributed by atoms with Crippen molar-refractivity contribution in [2.24, 2.45) is 5.41 Å². The molecule has 0 aromatic heterocycles. The summed E-state index contributed by atoms with van der Waals surface area (Å²) < 4.78 is 31.1. The lowest BCUT2D eigenvalue weighted by Crippen LogP contribution is -2.49. The smallest absolute Gasteiger partial charge is 0.340 e. The fourth-order valence-electron chi connectivity index (χ4n) is 2.87. The van der Waals surface area contributed by atoms with Crippen LogP contribution in [-0.4, -0.2) is 48.1 Å². The average Bonchev–Trinajstić information content (AvgIpc) is 2.61. The molecule has 1 heterocycles. The van der Waals surface area contributed by atoms with Gasteiger partial charge >= 0.3 is 6.18 Å². The zero-order valence-electron chi connectivity index (χ0n) is 17.5. The molecule has 0 N–H and O–H groups in total. The van der Waals surface area contributed by atoms with E-state index in [1.54, 1.807) is 0 Å². The summed E-state index contributed by atoms with van der Waals surface area (Å²) in [5.41, 5.74) is 1.43. The van der Waals surface area contributed by atoms with E-state index in [4.69, 9.17) is 5.26 Å². The Labute approximate surface area is 166 Å². The highest BCUT2D eigenvalue weighted by Gasteiger charge is 2.26. The van der Waals surface area contributed by atoms with Gasteiger partial charge in [0.15, 0.2) is 0 Å². The van der Waals surface area contributed by atoms with Gasteiger partial charge in [-0.3, -0.25) is 9.69 Å². The lowest BCUT2D eigenvalue weighted by atomic mass is 9.91. The normalized spacial score (nSPS) is 16.1. The predicted octanol–water partition coefficient (Wildman–Crippen LogP) is 5.04. The molecule has 1 aromatic carbocycles. The lowest BCUT2D eigenvalue weighted by molar-refractivity contribution is -0.135. The fraction of sp³-hybridized carbons (Fsp3) is 0.619. The topological polar surface area (TPSA) is 47.3 Å². The molecule has 1 amide bonds. The molecule has 1 saturated heterocycles. The number of amides is 1. The Morgan fingerprint density at radius 3 is 1.86 bits per heavy atom. The molecular formula is C21H32F3N3O. The van der Waals surface area contributed by atoms with Gasteiger partial charge in [-0.05, 0) is 17.9 Å². The SMILES string of the molecule is C#N.CC(F)(F)F.CC(c1ccccc1)N1CCN(C(=O)CC(C)(C)C)CC1. The molecule has 1 unspecified atom stereocenters. The molecular weight excluding hydrogens is 367 g/mol. The number of rotatable bonds is 3. The number of piperazine rings is 1. The summed E-state index contributed by atoms with van der Waals surface area (Å²) in [4.78, 5) is 16.8. The molecule has 0 radical (unpaired) electrons. The minimum absolute atomic E-state index is 0.0749. The van der Waals surface area contributed by atoms with Gasteiger partial charge in [-0.2, -0.15) is 13.2 Å². The monoisotopic (exact) mass is 399 g/mol. The number of halogens is 3. The molecule has 1 fully saturated rings. The second-order valence-corrected chi connectivity index (χ2v) is 8.02. The third-order valence-corrected chi connectivity index (χ3v) is 4.18. The van der Waals surface area contributed by atoms with Gasteiger partial charge in [0, 0.05) is 52.1 Å². The summed E-state index contributed by atoms with van der Waals surface area (Å²) in [7, 11) is 0. The summed E-state index contributed by atoms with van der Waals surface area (Å²) in [5.74, 6) is 0.300. The van der Waals surface area contributed by atoms with E-state index in [0.717, 1.165) is 26.2 Å². The van der Waals surface area contributed by atoms with Gasteiger partial charge < -0.3 is 4.90 Å². The summed E-state index contributed by atoms with van der Waals surface area (Å²) in [5, 5.41) is 6.50. The van der Waals surface area contributed by atoms with Crippen LogP contribution in [0.25, 0.3) is 0 Å². The van der Waals surface area contributed by atoms with Crippen molar-refractivity contribution in [3.8, 4) is 6.57 Å². The first-order chi connectivity index (χ1) is 12.9. The Morgan fingerprint density at radius 1 is 1.04 bits per heavy atom. The van der Waals surface area contributed by atoms with Crippen LogP contribution in [0.1, 0.15) is 52.6 Å². The van der Waals surface area contributed by atoms with E-state index in [2.05, 4.69) is 69.5 Å². The Balaban J connectivity index is 0.000000906. The maximum Gasteiger partial charge on any atom is 0.386 e. The van der Waals surface area contributed by atoms with E-state index in [9.17, 15) is 18.0 Å². The van der Waals surface area contributed by atoms with Crippen LogP contribution in [0, 0.1) is 17.2 Å². The summed E-state index contributed by atoms with van der Waals surface area (Å²) in [6, 6.07) is 11.0. The first-order valence-electron chi connectivity index (χ1n) is 9.26. The molecule has 1 atom stereocenters. The molecule has 0 aliphatic carbocycles. The minimum atomic E-state index is -4.00. The third-order valence-electron chi connectivity index (χ3n) is 4.18. The number of carbonyl (C=O) groups is 1. The average molecular weight is 400 g/mol. The number of benzene rings is 1. The van der Waals surface area contributed by atoms with Gasteiger partial charge in [0.25, 0.3) is 0 Å². The van der Waals surface area contributed by atoms with Crippen molar-refractivity contribution in [1.29, 1.82) is 5.26 Å². The third kappa shape index (κ3) is 11.6. The molecule has 2 rings (SSSR count). The lowest BCUT2D eigenvalue weighted by Gasteiger charge is -2.39. The molecule has 158 valence electrons. The Kier molecular flexibility index (Phi) is 10.8. The van der Waals surface area contributed by atoms with Crippen molar-refractivity contribution in [1.82, 2.24) is 9.80 Å². The van der Waals surface area contributed by atoms with Crippen LogP contribution < -0.4 is 0 Å². The Bertz CT molecular complexity index is 580. The van der Waals surface area contributed by atoms with E-state index in [-0.39, 0.29) is 12.3 Å². The fourth-order valence-corrected chi connectivity index (χ4v) is 2.87. The number of alkyl halides is 3. The quantitative estimate of drug-likeness (QED) is 0.716. The van der Waals surface area contributed by atoms with Crippen molar-refractivity contribution >= 4 is 5.91 Å². The molecule has 7 heteroatoms. The second-order valence-electron chi connectivity index (χ2n) is 8.02. The van der Waals surface area contributed by atoms with Crippen LogP contribution in [0.2, 0.25) is 0 Å². The van der Waals surface area contributed by atoms with E-state index in [0.29, 0.717) is 18.4 Å². The van der Waals surface area contributed by atoms with Gasteiger partial charge in [-0.1, -0.05) is 51.1 Å². The molecule has 1 aliphatic rings. The van der Waals surface area contributed by atoms with Crippen molar-refractivity contribution in [2.75, 3.05) is 26.2 Å². The number of nitriles is 1. The number of carbonyl (C=O) groups excluding carboxylic acids is 1. The van der Waals surface area contributed by atoms with Crippen LogP contribution in [0.3, 0.4) is 0 Å². The Morgan fingerprint density at radius 2 is 1.46 bits per heavy atom. The maximum absolute atomic E-state index is 12.3. The van der Waals surface area contributed by atoms with Gasteiger partial charge in [-0.25, -0.2) is 5.26 Å². The molecule has 0 bridgehead atoms. The van der Waals surface area contributed by atoms with Crippen molar-refractivity contribution in [3.63, 3.8) is 0 Å². The van der Waals surface area contributed by atoms with Crippen molar-refractivity contribution in [3.05, 3.63) is 35.9 Å². The number of nitrogens with zero attached hydrogens (tertiary/aromatic N) is 3. The standard InChI is InChI=1S/C18H28N2O.C2H3F3.CHN/c1-15(16-8-6-5-7-9-16)19-10-12-20(13-11-19)17(21)14-18(2,3)4;1-2(3,4)5;1-2/h5-9,15H,10-14H2,1-4H3;1H3;1H. The Hall–Kier alpha value is -2.07. The molecule has 1 aromatic rings. The van der Waals surface area contributed by atoms with E-state index >= 15 is 0 Å². The highest BCUT2D eigenvalue weighted by Crippen LogP contribution is 2.23. The van der Waals surface area contributed by atoms with Crippen LogP contribution in [0.4, 0.5) is 13.2 Å². The van der Waals surface area contributed by atoms with Crippen LogP contribution >= 0.6 is 0 Å². The van der Waals surface area contributed by atoms with Crippen LogP contribution in [-0.2, 0) is 4.79 Å². The largest absolute Gasteiger partial charge is 0.386 e. The summed E-state index contributed by atoms with van der Waals surface area (Å²) >= 11 is 0. The van der Waals surface area contributed by atoms with Crippen molar-refractivity contribution < 1.29 is 18.0 Å². The zero-order valence-corrected chi connectivity index (χ0v) is 17.5. The maximum atomic E-state index is 12.3. The van der Waals surface area contributed by atoms with Gasteiger partial charge in [-0.15, -0.1) is 0 Å². The molecule has 4 nitrogen and oxygen atoms in total. The van der Waals surface area contributed by atoms with Crippen LogP contribution in [0.5, 0.6) is 0 Å². The molecule has 28 heavy (non-hydrogen) atoms. The first-order valence-corrected chi connectivity index (χ1v) is 9.26. The van der Waals surface area contributed by atoms with Gasteiger partial charge in [0.1, 0.15) is 0 Å². The molecule has 1 aliphatic heterocycles. The second kappa shape index (κ2) is 11.7. The van der Waals surface area contributed by atoms with Crippen molar-refractivity contribution in [2.45, 2.75) is 53.3 Å². The van der Waals surface area contributed by atoms with E-state index < -0.39 is 6.18 Å². The van der Waals surface area contributed by atoms with E-state index in [1.807, 2.05) is 4.90 Å².